The molecule has 2 rings (SSSR count). The van der Waals surface area contributed by atoms with Gasteiger partial charge in [0.15, 0.2) is 5.72 Å². The van der Waals surface area contributed by atoms with Crippen molar-refractivity contribution in [2.75, 3.05) is 26.7 Å². The molecule has 0 amide bonds. The Hall–Kier alpha value is -0.610. The molecule has 2 fully saturated rings. The van der Waals surface area contributed by atoms with E-state index in [9.17, 15) is 4.79 Å². The van der Waals surface area contributed by atoms with Gasteiger partial charge in [0.25, 0.3) is 0 Å². The molecule has 4 heteroatoms. The smallest absolute Gasteiger partial charge is 0.321 e. The Bertz CT molecular complexity index is 197. The van der Waals surface area contributed by atoms with Crippen molar-refractivity contribution in [2.24, 2.45) is 0 Å². The van der Waals surface area contributed by atoms with Crippen molar-refractivity contribution in [3.05, 3.63) is 0 Å². The van der Waals surface area contributed by atoms with Gasteiger partial charge in [-0.3, -0.25) is 10.1 Å². The van der Waals surface area contributed by atoms with E-state index < -0.39 is 0 Å². The number of esters is 1. The molecule has 1 spiro atoms. The minimum Gasteiger partial charge on any atom is -0.443 e. The molecule has 0 aliphatic carbocycles. The highest BCUT2D eigenvalue weighted by Gasteiger charge is 2.41. The predicted octanol–water partition coefficient (Wildman–Crippen LogP) is -0.445. The van der Waals surface area contributed by atoms with Crippen molar-refractivity contribution < 1.29 is 9.53 Å². The molecule has 2 heterocycles. The fraction of sp³-hybridized carbons (Fsp3) is 0.875. The van der Waals surface area contributed by atoms with Crippen LogP contribution in [0.5, 0.6) is 0 Å². The first kappa shape index (κ1) is 8.01. The summed E-state index contributed by atoms with van der Waals surface area (Å²) in [6.07, 6.45) is 1.82. The molecule has 1 N–H and O–H groups in total. The lowest BCUT2D eigenvalue weighted by Gasteiger charge is -2.35. The lowest BCUT2D eigenvalue weighted by Crippen LogP contribution is -2.50. The molecule has 2 aliphatic rings. The van der Waals surface area contributed by atoms with Crippen LogP contribution in [-0.4, -0.2) is 43.3 Å². The van der Waals surface area contributed by atoms with E-state index >= 15 is 0 Å². The average Bonchev–Trinajstić information content (AvgIpc) is 2.40. The second kappa shape index (κ2) is 2.71. The van der Waals surface area contributed by atoms with Gasteiger partial charge in [-0.1, -0.05) is 0 Å². The van der Waals surface area contributed by atoms with Gasteiger partial charge in [0.2, 0.25) is 0 Å². The first-order valence-corrected chi connectivity index (χ1v) is 4.36. The lowest BCUT2D eigenvalue weighted by molar-refractivity contribution is -0.152. The Morgan fingerprint density at radius 2 is 2.17 bits per heavy atom. The number of hydrogen-bond acceptors (Lipinski definition) is 4. The van der Waals surface area contributed by atoms with Gasteiger partial charge >= 0.3 is 5.97 Å². The maximum atomic E-state index is 10.9. The zero-order valence-electron chi connectivity index (χ0n) is 7.30. The molecule has 12 heavy (non-hydrogen) atoms. The maximum absolute atomic E-state index is 10.9. The molecular formula is C8H14N2O2. The van der Waals surface area contributed by atoms with Crippen LogP contribution < -0.4 is 5.32 Å². The predicted molar refractivity (Wildman–Crippen MR) is 43.6 cm³/mol. The molecule has 68 valence electrons. The van der Waals surface area contributed by atoms with Gasteiger partial charge in [-0.2, -0.15) is 0 Å². The summed E-state index contributed by atoms with van der Waals surface area (Å²) in [5.74, 6) is -0.112. The van der Waals surface area contributed by atoms with E-state index in [0.29, 0.717) is 6.54 Å². The summed E-state index contributed by atoms with van der Waals surface area (Å²) < 4.78 is 5.26. The molecular weight excluding hydrogens is 156 g/mol. The zero-order valence-corrected chi connectivity index (χ0v) is 7.30. The van der Waals surface area contributed by atoms with Gasteiger partial charge < -0.3 is 9.64 Å². The van der Waals surface area contributed by atoms with E-state index in [-0.39, 0.29) is 11.7 Å². The SMILES string of the molecule is CN1CCC2(CC1)NCC(=O)O2. The van der Waals surface area contributed by atoms with Crippen LogP contribution in [0.1, 0.15) is 12.8 Å². The number of nitrogens with zero attached hydrogens (tertiary/aromatic N) is 1. The summed E-state index contributed by atoms with van der Waals surface area (Å²) in [6, 6.07) is 0. The quantitative estimate of drug-likeness (QED) is 0.500. The number of nitrogens with one attached hydrogen (secondary N) is 1. The molecule has 0 aromatic heterocycles. The fourth-order valence-electron chi connectivity index (χ4n) is 1.78. The molecule has 2 saturated heterocycles. The van der Waals surface area contributed by atoms with Crippen LogP contribution >= 0.6 is 0 Å². The molecule has 0 bridgehead atoms. The van der Waals surface area contributed by atoms with E-state index in [1.54, 1.807) is 0 Å². The van der Waals surface area contributed by atoms with Gasteiger partial charge in [0.1, 0.15) is 0 Å². The van der Waals surface area contributed by atoms with Crippen LogP contribution in [0.3, 0.4) is 0 Å². The summed E-state index contributed by atoms with van der Waals surface area (Å²) in [6.45, 7) is 2.38. The first-order chi connectivity index (χ1) is 5.70. The summed E-state index contributed by atoms with van der Waals surface area (Å²) in [5, 5.41) is 3.14. The highest BCUT2D eigenvalue weighted by molar-refractivity contribution is 5.74. The molecule has 0 aromatic rings. The van der Waals surface area contributed by atoms with Crippen LogP contribution in [0, 0.1) is 0 Å². The average molecular weight is 170 g/mol. The van der Waals surface area contributed by atoms with Crippen LogP contribution in [0.25, 0.3) is 0 Å². The normalized spacial score (nSPS) is 29.2. The number of ether oxygens (including phenoxy) is 1. The highest BCUT2D eigenvalue weighted by atomic mass is 16.6. The third-order valence-corrected chi connectivity index (χ3v) is 2.66. The number of carbonyl (C=O) groups excluding carboxylic acids is 1. The van der Waals surface area contributed by atoms with E-state index in [2.05, 4.69) is 17.3 Å². The number of rotatable bonds is 0. The monoisotopic (exact) mass is 170 g/mol. The van der Waals surface area contributed by atoms with Gasteiger partial charge in [-0.25, -0.2) is 0 Å². The molecule has 2 aliphatic heterocycles. The van der Waals surface area contributed by atoms with Gasteiger partial charge in [0, 0.05) is 25.9 Å². The molecule has 0 saturated carbocycles. The Morgan fingerprint density at radius 3 is 2.67 bits per heavy atom. The van der Waals surface area contributed by atoms with Crippen LogP contribution in [0.4, 0.5) is 0 Å². The molecule has 0 aromatic carbocycles. The minimum atomic E-state index is -0.316. The molecule has 4 nitrogen and oxygen atoms in total. The summed E-state index contributed by atoms with van der Waals surface area (Å²) in [5.41, 5.74) is -0.316. The van der Waals surface area contributed by atoms with Crippen molar-refractivity contribution in [3.8, 4) is 0 Å². The van der Waals surface area contributed by atoms with E-state index in [0.717, 1.165) is 25.9 Å². The Kier molecular flexibility index (Phi) is 1.81. The van der Waals surface area contributed by atoms with Gasteiger partial charge in [-0.15, -0.1) is 0 Å². The summed E-state index contributed by atoms with van der Waals surface area (Å²) in [4.78, 5) is 13.1. The van der Waals surface area contributed by atoms with Crippen molar-refractivity contribution in [1.82, 2.24) is 10.2 Å². The van der Waals surface area contributed by atoms with Gasteiger partial charge in [-0.05, 0) is 7.05 Å². The van der Waals surface area contributed by atoms with Crippen LogP contribution in [0.15, 0.2) is 0 Å². The van der Waals surface area contributed by atoms with E-state index in [1.807, 2.05) is 0 Å². The second-order valence-corrected chi connectivity index (χ2v) is 3.63. The fourth-order valence-corrected chi connectivity index (χ4v) is 1.78. The van der Waals surface area contributed by atoms with Crippen molar-refractivity contribution in [3.63, 3.8) is 0 Å². The number of piperidine rings is 1. The summed E-state index contributed by atoms with van der Waals surface area (Å²) in [7, 11) is 2.09. The highest BCUT2D eigenvalue weighted by Crippen LogP contribution is 2.25. The number of hydrogen-bond donors (Lipinski definition) is 1. The lowest BCUT2D eigenvalue weighted by atomic mass is 10.0. The minimum absolute atomic E-state index is 0.112. The van der Waals surface area contributed by atoms with Crippen molar-refractivity contribution in [1.29, 1.82) is 0 Å². The third-order valence-electron chi connectivity index (χ3n) is 2.66. The second-order valence-electron chi connectivity index (χ2n) is 3.63. The Labute approximate surface area is 71.9 Å². The largest absolute Gasteiger partial charge is 0.443 e. The zero-order chi connectivity index (χ0) is 8.60. The van der Waals surface area contributed by atoms with Crippen molar-refractivity contribution in [2.45, 2.75) is 18.6 Å². The third kappa shape index (κ3) is 1.32. The number of likely N-dealkylation sites (tertiary alicyclic amines) is 1. The van der Waals surface area contributed by atoms with E-state index in [4.69, 9.17) is 4.74 Å². The van der Waals surface area contributed by atoms with E-state index in [1.165, 1.54) is 0 Å². The Morgan fingerprint density at radius 1 is 1.50 bits per heavy atom. The molecule has 0 radical (unpaired) electrons. The van der Waals surface area contributed by atoms with Crippen LogP contribution in [0.2, 0.25) is 0 Å². The topological polar surface area (TPSA) is 41.6 Å². The standard InChI is InChI=1S/C8H14N2O2/c1-10-4-2-8(3-5-10)9-6-7(11)12-8/h9H,2-6H2,1H3. The van der Waals surface area contributed by atoms with Gasteiger partial charge in [0.05, 0.1) is 6.54 Å². The maximum Gasteiger partial charge on any atom is 0.321 e. The van der Waals surface area contributed by atoms with Crippen molar-refractivity contribution >= 4 is 5.97 Å². The number of carbonyl (C=O) groups is 1. The van der Waals surface area contributed by atoms with Crippen LogP contribution in [-0.2, 0) is 9.53 Å². The Balaban J connectivity index is 1.99. The summed E-state index contributed by atoms with van der Waals surface area (Å²) >= 11 is 0. The molecule has 0 atom stereocenters. The first-order valence-electron chi connectivity index (χ1n) is 4.36. The molecule has 0 unspecified atom stereocenters.